The summed E-state index contributed by atoms with van der Waals surface area (Å²) in [5, 5.41) is 0. The monoisotopic (exact) mass is 433 g/mol. The smallest absolute Gasteiger partial charge is 0.123 e. The van der Waals surface area contributed by atoms with Crippen molar-refractivity contribution in [2.45, 2.75) is 51.1 Å². The maximum absolute atomic E-state index is 13.7. The summed E-state index contributed by atoms with van der Waals surface area (Å²) in [6, 6.07) is 16.6. The average molecular weight is 434 g/mol. The van der Waals surface area contributed by atoms with Gasteiger partial charge < -0.3 is 27.8 Å². The first-order valence-corrected chi connectivity index (χ1v) is 10.9. The highest BCUT2D eigenvalue weighted by atomic mass is 19.1. The van der Waals surface area contributed by atoms with Gasteiger partial charge in [0.05, 0.1) is 34.8 Å². The molecule has 6 heteroatoms. The second-order valence-corrected chi connectivity index (χ2v) is 9.66. The van der Waals surface area contributed by atoms with Gasteiger partial charge in [-0.1, -0.05) is 32.9 Å². The minimum atomic E-state index is -0.259. The van der Waals surface area contributed by atoms with E-state index in [0.29, 0.717) is 22.7 Å². The van der Waals surface area contributed by atoms with Crippen LogP contribution in [0.15, 0.2) is 54.6 Å². The number of hydrogen-bond acceptors (Lipinski definition) is 5. The van der Waals surface area contributed by atoms with E-state index >= 15 is 0 Å². The fourth-order valence-electron chi connectivity index (χ4n) is 4.98. The van der Waals surface area contributed by atoms with Gasteiger partial charge in [-0.05, 0) is 77.4 Å². The molecule has 2 atom stereocenters. The van der Waals surface area contributed by atoms with Crippen molar-refractivity contribution in [1.82, 2.24) is 0 Å². The van der Waals surface area contributed by atoms with E-state index < -0.39 is 0 Å². The Hall–Kier alpha value is -3.41. The minimum Gasteiger partial charge on any atom is -0.397 e. The fraction of sp³-hybridized carbons (Fsp3) is 0.308. The molecule has 0 saturated carbocycles. The molecule has 4 rings (SSSR count). The average Bonchev–Trinajstić information content (AvgIpc) is 3.16. The van der Waals surface area contributed by atoms with Gasteiger partial charge in [-0.15, -0.1) is 0 Å². The van der Waals surface area contributed by atoms with Gasteiger partial charge in [-0.3, -0.25) is 0 Å². The maximum atomic E-state index is 13.7. The molecule has 0 bridgehead atoms. The zero-order valence-corrected chi connectivity index (χ0v) is 18.9. The first-order chi connectivity index (χ1) is 15.1. The molecule has 0 spiro atoms. The SMILES string of the molecule is CC(C)(C)c1c(C2CCC(c3ccc(N)c(N)c3)N2c2ccc(F)cc2)ccc(N)c1N. The standard InChI is InChI=1S/C26H32FN5/c1-26(2,3)24-18(9-11-20(29)25(24)31)23-13-12-22(15-4-10-19(28)21(30)14-15)32(23)17-7-5-16(27)6-8-17/h4-11,14,22-23H,12-13,28-31H2,1-3H3. The third-order valence-electron chi connectivity index (χ3n) is 6.43. The van der Waals surface area contributed by atoms with Gasteiger partial charge in [-0.25, -0.2) is 4.39 Å². The molecule has 0 aliphatic carbocycles. The number of nitrogens with two attached hydrogens (primary N) is 4. The second-order valence-electron chi connectivity index (χ2n) is 9.66. The van der Waals surface area contributed by atoms with Crippen molar-refractivity contribution < 1.29 is 4.39 Å². The lowest BCUT2D eigenvalue weighted by Crippen LogP contribution is -2.29. The van der Waals surface area contributed by atoms with E-state index in [0.717, 1.165) is 35.2 Å². The van der Waals surface area contributed by atoms with Crippen LogP contribution in [0, 0.1) is 5.82 Å². The quantitative estimate of drug-likeness (QED) is 0.406. The van der Waals surface area contributed by atoms with E-state index in [4.69, 9.17) is 22.9 Å². The molecule has 1 saturated heterocycles. The second kappa shape index (κ2) is 7.93. The Balaban J connectivity index is 1.88. The van der Waals surface area contributed by atoms with Crippen molar-refractivity contribution in [3.8, 4) is 0 Å². The summed E-state index contributed by atoms with van der Waals surface area (Å²) in [6.07, 6.45) is 1.83. The van der Waals surface area contributed by atoms with E-state index in [9.17, 15) is 4.39 Å². The van der Waals surface area contributed by atoms with E-state index in [1.54, 1.807) is 0 Å². The zero-order valence-electron chi connectivity index (χ0n) is 18.9. The maximum Gasteiger partial charge on any atom is 0.123 e. The highest BCUT2D eigenvalue weighted by Gasteiger charge is 2.38. The van der Waals surface area contributed by atoms with Crippen LogP contribution in [0.25, 0.3) is 0 Å². The number of halogens is 1. The molecule has 1 fully saturated rings. The lowest BCUT2D eigenvalue weighted by molar-refractivity contribution is 0.569. The first kappa shape index (κ1) is 21.8. The number of anilines is 5. The summed E-state index contributed by atoms with van der Waals surface area (Å²) in [4.78, 5) is 2.35. The Kier molecular flexibility index (Phi) is 5.41. The Labute approximate surface area is 189 Å². The lowest BCUT2D eigenvalue weighted by Gasteiger charge is -2.36. The van der Waals surface area contributed by atoms with Crippen molar-refractivity contribution in [3.63, 3.8) is 0 Å². The van der Waals surface area contributed by atoms with Crippen LogP contribution in [0.3, 0.4) is 0 Å². The molecule has 1 aliphatic rings. The Bertz CT molecular complexity index is 1130. The van der Waals surface area contributed by atoms with Crippen molar-refractivity contribution >= 4 is 28.4 Å². The van der Waals surface area contributed by atoms with Crippen LogP contribution < -0.4 is 27.8 Å². The van der Waals surface area contributed by atoms with Crippen LogP contribution in [-0.4, -0.2) is 0 Å². The molecular formula is C26H32FN5. The third-order valence-corrected chi connectivity index (χ3v) is 6.43. The molecule has 3 aromatic carbocycles. The Morgan fingerprint density at radius 3 is 2.03 bits per heavy atom. The van der Waals surface area contributed by atoms with E-state index in [-0.39, 0.29) is 23.3 Å². The highest BCUT2D eigenvalue weighted by molar-refractivity contribution is 5.72. The van der Waals surface area contributed by atoms with Crippen LogP contribution in [-0.2, 0) is 5.41 Å². The Morgan fingerprint density at radius 2 is 1.41 bits per heavy atom. The molecule has 168 valence electrons. The number of nitrogen functional groups attached to an aromatic ring is 4. The van der Waals surface area contributed by atoms with Crippen LogP contribution >= 0.6 is 0 Å². The van der Waals surface area contributed by atoms with Gasteiger partial charge >= 0.3 is 0 Å². The Morgan fingerprint density at radius 1 is 0.781 bits per heavy atom. The largest absolute Gasteiger partial charge is 0.397 e. The predicted molar refractivity (Wildman–Crippen MR) is 133 cm³/mol. The molecule has 8 N–H and O–H groups in total. The van der Waals surface area contributed by atoms with Gasteiger partial charge in [-0.2, -0.15) is 0 Å². The predicted octanol–water partition coefficient (Wildman–Crippen LogP) is 5.53. The summed E-state index contributed by atoms with van der Waals surface area (Å²) >= 11 is 0. The van der Waals surface area contributed by atoms with Crippen molar-refractivity contribution in [1.29, 1.82) is 0 Å². The minimum absolute atomic E-state index is 0.0568. The van der Waals surface area contributed by atoms with E-state index in [1.165, 1.54) is 12.1 Å². The van der Waals surface area contributed by atoms with Gasteiger partial charge in [0.15, 0.2) is 0 Å². The van der Waals surface area contributed by atoms with Gasteiger partial charge in [0.2, 0.25) is 0 Å². The van der Waals surface area contributed by atoms with Crippen molar-refractivity contribution in [3.05, 3.63) is 77.1 Å². The van der Waals surface area contributed by atoms with E-state index in [1.807, 2.05) is 36.4 Å². The zero-order chi connectivity index (χ0) is 23.2. The normalized spacial score (nSPS) is 18.8. The lowest BCUT2D eigenvalue weighted by atomic mass is 9.79. The summed E-state index contributed by atoms with van der Waals surface area (Å²) in [5.41, 5.74) is 31.2. The molecule has 32 heavy (non-hydrogen) atoms. The molecule has 5 nitrogen and oxygen atoms in total. The summed E-state index contributed by atoms with van der Waals surface area (Å²) in [6.45, 7) is 6.45. The molecule has 0 amide bonds. The number of hydrogen-bond donors (Lipinski definition) is 4. The van der Waals surface area contributed by atoms with Crippen LogP contribution in [0.4, 0.5) is 32.8 Å². The number of rotatable bonds is 3. The summed E-state index contributed by atoms with van der Waals surface area (Å²) < 4.78 is 13.7. The molecule has 0 radical (unpaired) electrons. The number of nitrogens with zero attached hydrogens (tertiary/aromatic N) is 1. The summed E-state index contributed by atoms with van der Waals surface area (Å²) in [5.74, 6) is -0.259. The third kappa shape index (κ3) is 3.81. The fourth-order valence-corrected chi connectivity index (χ4v) is 4.98. The topological polar surface area (TPSA) is 107 Å². The number of benzene rings is 3. The highest BCUT2D eigenvalue weighted by Crippen LogP contribution is 2.50. The van der Waals surface area contributed by atoms with Crippen molar-refractivity contribution in [2.24, 2.45) is 0 Å². The van der Waals surface area contributed by atoms with E-state index in [2.05, 4.69) is 31.7 Å². The van der Waals surface area contributed by atoms with Gasteiger partial charge in [0, 0.05) is 5.69 Å². The van der Waals surface area contributed by atoms with Gasteiger partial charge in [0.25, 0.3) is 0 Å². The van der Waals surface area contributed by atoms with Crippen LogP contribution in [0.5, 0.6) is 0 Å². The molecular weight excluding hydrogens is 401 g/mol. The molecule has 1 heterocycles. The molecule has 1 aliphatic heterocycles. The molecule has 3 aromatic rings. The van der Waals surface area contributed by atoms with Crippen LogP contribution in [0.1, 0.15) is 62.4 Å². The molecule has 2 unspecified atom stereocenters. The van der Waals surface area contributed by atoms with Crippen LogP contribution in [0.2, 0.25) is 0 Å². The van der Waals surface area contributed by atoms with Gasteiger partial charge in [0.1, 0.15) is 5.82 Å². The molecule has 0 aromatic heterocycles. The summed E-state index contributed by atoms with van der Waals surface area (Å²) in [7, 11) is 0. The first-order valence-electron chi connectivity index (χ1n) is 10.9. The van der Waals surface area contributed by atoms with Crippen molar-refractivity contribution in [2.75, 3.05) is 27.8 Å².